The predicted molar refractivity (Wildman–Crippen MR) is 43.9 cm³/mol. The van der Waals surface area contributed by atoms with Crippen LogP contribution < -0.4 is 11.6 Å². The number of carbonyl (C=O) groups excluding carboxylic acids is 1. The van der Waals surface area contributed by atoms with Gasteiger partial charge in [0.25, 0.3) is 0 Å². The van der Waals surface area contributed by atoms with Crippen molar-refractivity contribution in [1.82, 2.24) is 0 Å². The lowest BCUT2D eigenvalue weighted by Gasteiger charge is -2.21. The average molecular weight is 162 g/mol. The van der Waals surface area contributed by atoms with Crippen LogP contribution in [-0.4, -0.2) is 11.1 Å². The first-order chi connectivity index (χ1) is 5.06. The summed E-state index contributed by atoms with van der Waals surface area (Å²) in [5, 5.41) is 6.50. The number of hydrogen-bond donors (Lipinski definition) is 3. The van der Waals surface area contributed by atoms with Crippen molar-refractivity contribution in [2.75, 3.05) is 0 Å². The van der Waals surface area contributed by atoms with E-state index in [1.165, 1.54) is 0 Å². The highest BCUT2D eigenvalue weighted by Gasteiger charge is 2.25. The van der Waals surface area contributed by atoms with Gasteiger partial charge in [0.05, 0.1) is 0 Å². The Labute approximate surface area is 67.5 Å². The maximum Gasteiger partial charge on any atom is 0.223 e. The molecule has 0 rings (SSSR count). The van der Waals surface area contributed by atoms with E-state index in [9.17, 15) is 4.79 Å². The summed E-state index contributed by atoms with van der Waals surface area (Å²) in [4.78, 5) is 10.7. The second-order valence-electron chi connectivity index (χ2n) is 2.63. The Balaban J connectivity index is 0. The zero-order valence-corrected chi connectivity index (χ0v) is 7.42. The van der Waals surface area contributed by atoms with Crippen molar-refractivity contribution in [2.24, 2.45) is 17.0 Å². The van der Waals surface area contributed by atoms with Crippen molar-refractivity contribution in [3.63, 3.8) is 0 Å². The van der Waals surface area contributed by atoms with Gasteiger partial charge in [0.15, 0.2) is 0 Å². The van der Waals surface area contributed by atoms with Crippen LogP contribution in [0.25, 0.3) is 0 Å². The first-order valence-corrected chi connectivity index (χ1v) is 3.62. The molecule has 4 heteroatoms. The molecule has 0 aromatic carbocycles. The van der Waals surface area contributed by atoms with Crippen LogP contribution in [0.5, 0.6) is 0 Å². The highest BCUT2D eigenvalue weighted by atomic mass is 16.4. The number of amides is 1. The van der Waals surface area contributed by atoms with Gasteiger partial charge in [-0.3, -0.25) is 4.79 Å². The molecule has 0 saturated carbocycles. The molecule has 0 atom stereocenters. The van der Waals surface area contributed by atoms with E-state index in [-0.39, 0.29) is 11.3 Å². The molecule has 0 bridgehead atoms. The van der Waals surface area contributed by atoms with Gasteiger partial charge in [-0.05, 0) is 12.8 Å². The van der Waals surface area contributed by atoms with Crippen LogP contribution in [0.1, 0.15) is 33.6 Å². The summed E-state index contributed by atoms with van der Waals surface area (Å²) >= 11 is 0. The van der Waals surface area contributed by atoms with Crippen LogP contribution in [0.2, 0.25) is 0 Å². The number of primary amides is 1. The molecular formula is C7H18N2O2. The minimum atomic E-state index is -0.278. The summed E-state index contributed by atoms with van der Waals surface area (Å²) in [5.74, 6) is 3.31. The Morgan fingerprint density at radius 2 is 1.64 bits per heavy atom. The molecule has 0 unspecified atom stereocenters. The maximum atomic E-state index is 10.7. The Morgan fingerprint density at radius 1 is 1.36 bits per heavy atom. The molecule has 0 spiro atoms. The maximum absolute atomic E-state index is 10.7. The summed E-state index contributed by atoms with van der Waals surface area (Å²) in [6, 6.07) is 0. The Morgan fingerprint density at radius 3 is 1.64 bits per heavy atom. The van der Waals surface area contributed by atoms with Gasteiger partial charge >= 0.3 is 0 Å². The molecule has 0 heterocycles. The molecule has 0 aliphatic carbocycles. The van der Waals surface area contributed by atoms with Gasteiger partial charge in [0, 0.05) is 5.41 Å². The van der Waals surface area contributed by atoms with Crippen LogP contribution in [0, 0.1) is 5.41 Å². The zero-order chi connectivity index (χ0) is 9.49. The molecular weight excluding hydrogens is 144 g/mol. The van der Waals surface area contributed by atoms with Gasteiger partial charge in [-0.25, -0.2) is 5.90 Å². The van der Waals surface area contributed by atoms with Gasteiger partial charge < -0.3 is 10.9 Å². The molecule has 0 fully saturated rings. The van der Waals surface area contributed by atoms with E-state index in [2.05, 4.69) is 5.90 Å². The van der Waals surface area contributed by atoms with Crippen LogP contribution >= 0.6 is 0 Å². The summed E-state index contributed by atoms with van der Waals surface area (Å²) in [6.07, 6.45) is 1.66. The minimum Gasteiger partial charge on any atom is -0.369 e. The van der Waals surface area contributed by atoms with E-state index in [0.29, 0.717) is 0 Å². The summed E-state index contributed by atoms with van der Waals surface area (Å²) in [6.45, 7) is 5.86. The monoisotopic (exact) mass is 162 g/mol. The number of carbonyl (C=O) groups is 1. The Kier molecular flexibility index (Phi) is 7.24. The quantitative estimate of drug-likeness (QED) is 0.532. The molecule has 1 amide bonds. The van der Waals surface area contributed by atoms with Crippen molar-refractivity contribution >= 4 is 5.91 Å². The van der Waals surface area contributed by atoms with Crippen molar-refractivity contribution in [3.8, 4) is 0 Å². The lowest BCUT2D eigenvalue weighted by atomic mass is 9.84. The van der Waals surface area contributed by atoms with Crippen molar-refractivity contribution in [1.29, 1.82) is 0 Å². The van der Waals surface area contributed by atoms with Crippen molar-refractivity contribution in [3.05, 3.63) is 0 Å². The molecule has 0 aliphatic heterocycles. The SMILES string of the molecule is CCC(C)(CC)C(N)=O.NO. The average Bonchev–Trinajstić information content (AvgIpc) is 2.06. The third-order valence-corrected chi connectivity index (χ3v) is 2.16. The van der Waals surface area contributed by atoms with E-state index in [1.54, 1.807) is 0 Å². The lowest BCUT2D eigenvalue weighted by Crippen LogP contribution is -2.32. The van der Waals surface area contributed by atoms with E-state index in [1.807, 2.05) is 20.8 Å². The van der Waals surface area contributed by atoms with E-state index in [4.69, 9.17) is 10.9 Å². The highest BCUT2D eigenvalue weighted by molar-refractivity contribution is 5.80. The summed E-state index contributed by atoms with van der Waals surface area (Å²) < 4.78 is 0. The normalized spacial score (nSPS) is 9.91. The molecule has 0 aromatic heterocycles. The van der Waals surface area contributed by atoms with Crippen molar-refractivity contribution < 1.29 is 10.0 Å². The number of nitrogens with two attached hydrogens (primary N) is 2. The highest BCUT2D eigenvalue weighted by Crippen LogP contribution is 2.23. The molecule has 0 aliphatic rings. The van der Waals surface area contributed by atoms with Crippen LogP contribution in [0.4, 0.5) is 0 Å². The van der Waals surface area contributed by atoms with Gasteiger partial charge in [-0.1, -0.05) is 20.8 Å². The van der Waals surface area contributed by atoms with E-state index in [0.717, 1.165) is 12.8 Å². The zero-order valence-electron chi connectivity index (χ0n) is 7.42. The third-order valence-electron chi connectivity index (χ3n) is 2.16. The van der Waals surface area contributed by atoms with Crippen molar-refractivity contribution in [2.45, 2.75) is 33.6 Å². The summed E-state index contributed by atoms with van der Waals surface area (Å²) in [7, 11) is 0. The molecule has 0 aromatic rings. The Bertz CT molecular complexity index is 111. The number of hydrogen-bond acceptors (Lipinski definition) is 3. The van der Waals surface area contributed by atoms with Gasteiger partial charge in [-0.2, -0.15) is 0 Å². The number of rotatable bonds is 3. The molecule has 0 saturated heterocycles. The van der Waals surface area contributed by atoms with Crippen LogP contribution in [-0.2, 0) is 4.79 Å². The third kappa shape index (κ3) is 3.95. The van der Waals surface area contributed by atoms with Gasteiger partial charge in [0.1, 0.15) is 0 Å². The smallest absolute Gasteiger partial charge is 0.223 e. The first-order valence-electron chi connectivity index (χ1n) is 3.62. The summed E-state index contributed by atoms with van der Waals surface area (Å²) in [5.41, 5.74) is 4.88. The van der Waals surface area contributed by atoms with Gasteiger partial charge in [-0.15, -0.1) is 0 Å². The largest absolute Gasteiger partial charge is 0.369 e. The van der Waals surface area contributed by atoms with Crippen LogP contribution in [0.3, 0.4) is 0 Å². The topological polar surface area (TPSA) is 89.3 Å². The van der Waals surface area contributed by atoms with Gasteiger partial charge in [0.2, 0.25) is 5.91 Å². The fraction of sp³-hybridized carbons (Fsp3) is 0.857. The molecule has 0 radical (unpaired) electrons. The molecule has 4 nitrogen and oxygen atoms in total. The Hall–Kier alpha value is -0.610. The fourth-order valence-electron chi connectivity index (χ4n) is 0.598. The van der Waals surface area contributed by atoms with E-state index < -0.39 is 0 Å². The lowest BCUT2D eigenvalue weighted by molar-refractivity contribution is -0.127. The van der Waals surface area contributed by atoms with E-state index >= 15 is 0 Å². The molecule has 5 N–H and O–H groups in total. The standard InChI is InChI=1S/C7H15NO.H3NO/c1-4-7(3,5-2)6(8)9;1-2/h4-5H2,1-3H3,(H2,8,9);2H,1H2. The molecule has 11 heavy (non-hydrogen) atoms. The minimum absolute atomic E-state index is 0.187. The second kappa shape index (κ2) is 6.12. The predicted octanol–water partition coefficient (Wildman–Crippen LogP) is 0.632. The second-order valence-corrected chi connectivity index (χ2v) is 2.63. The fourth-order valence-corrected chi connectivity index (χ4v) is 0.598. The molecule has 68 valence electrons. The first kappa shape index (κ1) is 13.0. The van der Waals surface area contributed by atoms with Crippen LogP contribution in [0.15, 0.2) is 0 Å².